The van der Waals surface area contributed by atoms with Crippen molar-refractivity contribution in [2.75, 3.05) is 0 Å². The van der Waals surface area contributed by atoms with E-state index in [1.54, 1.807) is 12.1 Å². The molecule has 0 aliphatic carbocycles. The third-order valence-electron chi connectivity index (χ3n) is 3.84. The minimum Gasteiger partial charge on any atom is -0.480 e. The lowest BCUT2D eigenvalue weighted by Crippen LogP contribution is -2.40. The fourth-order valence-electron chi connectivity index (χ4n) is 2.67. The van der Waals surface area contributed by atoms with Crippen LogP contribution in [0.4, 0.5) is 4.39 Å². The number of hydrogen-bond acceptors (Lipinski definition) is 3. The second kappa shape index (κ2) is 5.69. The van der Waals surface area contributed by atoms with Crippen LogP contribution in [0, 0.1) is 12.7 Å². The number of thioether (sulfide) groups is 1. The number of carboxylic acid groups (broad SMARTS) is 1. The molecular formula is C16H14ClFN2O2S. The lowest BCUT2D eigenvalue weighted by Gasteiger charge is -2.31. The molecule has 3 rings (SSSR count). The average molecular weight is 353 g/mol. The smallest absolute Gasteiger partial charge is 0.330 e. The van der Waals surface area contributed by atoms with Gasteiger partial charge in [0.1, 0.15) is 0 Å². The zero-order chi connectivity index (χ0) is 16.8. The molecule has 0 saturated heterocycles. The number of aromatic amines is 1. The maximum atomic E-state index is 14.2. The number of nitrogens with one attached hydrogen (secondary N) is 1. The maximum absolute atomic E-state index is 14.2. The van der Waals surface area contributed by atoms with Crippen LogP contribution in [0.3, 0.4) is 0 Å². The molecule has 0 fully saturated rings. The molecule has 2 N–H and O–H groups in total. The Bertz CT molecular complexity index is 861. The number of carboxylic acids is 1. The number of carbonyl (C=O) groups is 1. The van der Waals surface area contributed by atoms with Crippen molar-refractivity contribution in [1.82, 2.24) is 4.98 Å². The number of aromatic nitrogens is 1. The van der Waals surface area contributed by atoms with Crippen LogP contribution in [-0.4, -0.2) is 33.1 Å². The summed E-state index contributed by atoms with van der Waals surface area (Å²) in [5.41, 5.74) is 1.09. The number of fused-ring (bicyclic) bond motifs is 1. The fourth-order valence-corrected chi connectivity index (χ4v) is 4.17. The van der Waals surface area contributed by atoms with Gasteiger partial charge in [0.25, 0.3) is 0 Å². The van der Waals surface area contributed by atoms with Crippen LogP contribution in [0.15, 0.2) is 34.2 Å². The van der Waals surface area contributed by atoms with E-state index in [1.165, 1.54) is 24.0 Å². The molecule has 2 atom stereocenters. The van der Waals surface area contributed by atoms with Gasteiger partial charge in [-0.2, -0.15) is 0 Å². The van der Waals surface area contributed by atoms with Gasteiger partial charge in [-0.25, -0.2) is 9.18 Å². The maximum Gasteiger partial charge on any atom is 0.330 e. The highest BCUT2D eigenvalue weighted by molar-refractivity contribution is 8.01. The predicted octanol–water partition coefficient (Wildman–Crippen LogP) is 4.21. The van der Waals surface area contributed by atoms with Crippen molar-refractivity contribution in [1.29, 1.82) is 0 Å². The van der Waals surface area contributed by atoms with Crippen molar-refractivity contribution in [3.8, 4) is 0 Å². The van der Waals surface area contributed by atoms with Gasteiger partial charge in [-0.15, -0.1) is 11.8 Å². The first kappa shape index (κ1) is 16.1. The van der Waals surface area contributed by atoms with Crippen LogP contribution in [0.1, 0.15) is 12.6 Å². The van der Waals surface area contributed by atoms with Crippen LogP contribution in [0.2, 0.25) is 5.02 Å². The number of aliphatic imine (C=N–C) groups is 1. The minimum absolute atomic E-state index is 0.0482. The summed E-state index contributed by atoms with van der Waals surface area (Å²) in [5.74, 6) is -1.50. The summed E-state index contributed by atoms with van der Waals surface area (Å²) in [6.07, 6.45) is 5.03. The molecule has 120 valence electrons. The third-order valence-corrected chi connectivity index (χ3v) is 5.66. The summed E-state index contributed by atoms with van der Waals surface area (Å²) < 4.78 is 13.4. The van der Waals surface area contributed by atoms with Gasteiger partial charge in [0, 0.05) is 22.2 Å². The minimum atomic E-state index is -0.993. The van der Waals surface area contributed by atoms with Gasteiger partial charge in [0.2, 0.25) is 0 Å². The van der Waals surface area contributed by atoms with Gasteiger partial charge >= 0.3 is 5.97 Å². The Morgan fingerprint density at radius 2 is 2.26 bits per heavy atom. The van der Waals surface area contributed by atoms with E-state index in [1.807, 2.05) is 19.9 Å². The summed E-state index contributed by atoms with van der Waals surface area (Å²) in [5, 5.41) is 10.2. The number of allylic oxidation sites excluding steroid dienone is 1. The molecule has 0 amide bonds. The van der Waals surface area contributed by atoms with E-state index in [2.05, 4.69) is 9.98 Å². The predicted molar refractivity (Wildman–Crippen MR) is 91.3 cm³/mol. The Kier molecular flexibility index (Phi) is 3.98. The Balaban J connectivity index is 2.09. The Hall–Kier alpha value is -1.79. The van der Waals surface area contributed by atoms with E-state index in [0.717, 1.165) is 10.6 Å². The normalized spacial score (nSPS) is 23.6. The monoisotopic (exact) mass is 352 g/mol. The first-order valence-electron chi connectivity index (χ1n) is 6.92. The van der Waals surface area contributed by atoms with E-state index in [9.17, 15) is 14.3 Å². The van der Waals surface area contributed by atoms with Gasteiger partial charge in [-0.05, 0) is 26.0 Å². The molecule has 23 heavy (non-hydrogen) atoms. The Morgan fingerprint density at radius 3 is 2.96 bits per heavy atom. The van der Waals surface area contributed by atoms with E-state index >= 15 is 0 Å². The summed E-state index contributed by atoms with van der Waals surface area (Å²) in [7, 11) is 0. The number of dihydropyridines is 1. The summed E-state index contributed by atoms with van der Waals surface area (Å²) in [6.45, 7) is 3.64. The van der Waals surface area contributed by atoms with E-state index in [4.69, 9.17) is 11.6 Å². The van der Waals surface area contributed by atoms with Gasteiger partial charge in [0.05, 0.1) is 15.3 Å². The zero-order valence-corrected chi connectivity index (χ0v) is 14.0. The highest BCUT2D eigenvalue weighted by atomic mass is 35.5. The number of hydrogen-bond donors (Lipinski definition) is 2. The zero-order valence-electron chi connectivity index (χ0n) is 12.4. The molecule has 0 spiro atoms. The Morgan fingerprint density at radius 1 is 1.52 bits per heavy atom. The molecule has 1 aliphatic rings. The molecule has 4 nitrogen and oxygen atoms in total. The van der Waals surface area contributed by atoms with Crippen molar-refractivity contribution >= 4 is 46.4 Å². The lowest BCUT2D eigenvalue weighted by molar-refractivity contribution is -0.138. The SMILES string of the molecule is Cc1[nH]c2c(F)c(Cl)ccc2c1SC1(C)C=CC=NC1C(=O)O. The van der Waals surface area contributed by atoms with Gasteiger partial charge in [-0.3, -0.25) is 4.99 Å². The molecule has 2 aromatic rings. The number of benzene rings is 1. The van der Waals surface area contributed by atoms with Crippen molar-refractivity contribution < 1.29 is 14.3 Å². The number of nitrogens with zero attached hydrogens (tertiary/aromatic N) is 1. The van der Waals surface area contributed by atoms with Crippen LogP contribution >= 0.6 is 23.4 Å². The number of aryl methyl sites for hydroxylation is 1. The van der Waals surface area contributed by atoms with E-state index < -0.39 is 22.6 Å². The molecule has 0 bridgehead atoms. The van der Waals surface area contributed by atoms with E-state index in [-0.39, 0.29) is 5.02 Å². The van der Waals surface area contributed by atoms with Crippen molar-refractivity contribution in [2.24, 2.45) is 4.99 Å². The molecule has 1 aliphatic heterocycles. The fraction of sp³-hybridized carbons (Fsp3) is 0.250. The molecule has 0 radical (unpaired) electrons. The van der Waals surface area contributed by atoms with Crippen molar-refractivity contribution in [2.45, 2.75) is 29.5 Å². The number of halogens is 2. The molecule has 0 saturated carbocycles. The molecule has 2 unspecified atom stereocenters. The second-order valence-electron chi connectivity index (χ2n) is 5.55. The van der Waals surface area contributed by atoms with Crippen molar-refractivity contribution in [3.63, 3.8) is 0 Å². The van der Waals surface area contributed by atoms with Crippen LogP contribution < -0.4 is 0 Å². The van der Waals surface area contributed by atoms with Crippen LogP contribution in [-0.2, 0) is 4.79 Å². The highest BCUT2D eigenvalue weighted by Gasteiger charge is 2.40. The van der Waals surface area contributed by atoms with Gasteiger partial charge in [-0.1, -0.05) is 23.7 Å². The van der Waals surface area contributed by atoms with Crippen LogP contribution in [0.25, 0.3) is 10.9 Å². The standard InChI is InChI=1S/C16H14ClFN2O2S/c1-8-13(9-4-5-10(17)11(18)12(9)20-8)23-16(2)6-3-7-19-14(16)15(21)22/h3-7,14,20H,1-2H3,(H,21,22). The Labute approximate surface area is 141 Å². The number of aliphatic carboxylic acids is 1. The first-order chi connectivity index (χ1) is 10.8. The van der Waals surface area contributed by atoms with Crippen LogP contribution in [0.5, 0.6) is 0 Å². The molecule has 2 heterocycles. The topological polar surface area (TPSA) is 65.5 Å². The summed E-state index contributed by atoms with van der Waals surface area (Å²) >= 11 is 7.18. The first-order valence-corrected chi connectivity index (χ1v) is 8.12. The molecular weight excluding hydrogens is 339 g/mol. The molecule has 1 aromatic carbocycles. The average Bonchev–Trinajstić information content (AvgIpc) is 2.80. The summed E-state index contributed by atoms with van der Waals surface area (Å²) in [6, 6.07) is 2.34. The van der Waals surface area contributed by atoms with E-state index in [0.29, 0.717) is 10.9 Å². The van der Waals surface area contributed by atoms with Gasteiger partial charge < -0.3 is 10.1 Å². The second-order valence-corrected chi connectivity index (χ2v) is 7.45. The quantitative estimate of drug-likeness (QED) is 0.869. The molecule has 7 heteroatoms. The molecule has 1 aromatic heterocycles. The largest absolute Gasteiger partial charge is 0.480 e. The summed E-state index contributed by atoms with van der Waals surface area (Å²) in [4.78, 5) is 19.4. The number of H-pyrrole nitrogens is 1. The van der Waals surface area contributed by atoms with Crippen molar-refractivity contribution in [3.05, 3.63) is 40.8 Å². The highest BCUT2D eigenvalue weighted by Crippen LogP contribution is 2.44. The lowest BCUT2D eigenvalue weighted by atomic mass is 9.99. The third kappa shape index (κ3) is 2.66. The number of rotatable bonds is 3. The van der Waals surface area contributed by atoms with Gasteiger partial charge in [0.15, 0.2) is 11.9 Å².